The molecule has 1 unspecified atom stereocenters. The molecule has 3 rings (SSSR count). The van der Waals surface area contributed by atoms with Gasteiger partial charge in [0.2, 0.25) is 0 Å². The van der Waals surface area contributed by atoms with E-state index in [1.165, 1.54) is 0 Å². The van der Waals surface area contributed by atoms with Gasteiger partial charge in [-0.1, -0.05) is 13.8 Å². The van der Waals surface area contributed by atoms with E-state index < -0.39 is 0 Å². The fourth-order valence-electron chi connectivity index (χ4n) is 2.39. The fourth-order valence-corrected chi connectivity index (χ4v) is 2.39. The van der Waals surface area contributed by atoms with E-state index in [2.05, 4.69) is 34.0 Å². The van der Waals surface area contributed by atoms with Gasteiger partial charge in [-0.05, 0) is 5.92 Å². The van der Waals surface area contributed by atoms with Gasteiger partial charge in [0.05, 0.1) is 17.9 Å². The van der Waals surface area contributed by atoms with Crippen molar-refractivity contribution >= 4 is 5.52 Å². The fraction of sp³-hybridized carbons (Fsp3) is 0.429. The summed E-state index contributed by atoms with van der Waals surface area (Å²) < 4.78 is 3.70. The maximum absolute atomic E-state index is 6.33. The SMILES string of the molecule is CC(C)Cn1ncnc1CC(N)c1cnn2ccncc12. The second kappa shape index (κ2) is 5.61. The Labute approximate surface area is 122 Å². The van der Waals surface area contributed by atoms with Gasteiger partial charge >= 0.3 is 0 Å². The molecule has 0 bridgehead atoms. The lowest BCUT2D eigenvalue weighted by Crippen LogP contribution is -2.18. The summed E-state index contributed by atoms with van der Waals surface area (Å²) in [4.78, 5) is 8.46. The van der Waals surface area contributed by atoms with Crippen LogP contribution in [0.4, 0.5) is 0 Å². The predicted molar refractivity (Wildman–Crippen MR) is 78.5 cm³/mol. The highest BCUT2D eigenvalue weighted by Gasteiger charge is 2.16. The largest absolute Gasteiger partial charge is 0.323 e. The summed E-state index contributed by atoms with van der Waals surface area (Å²) in [5.41, 5.74) is 8.24. The maximum Gasteiger partial charge on any atom is 0.138 e. The van der Waals surface area contributed by atoms with E-state index in [4.69, 9.17) is 5.73 Å². The van der Waals surface area contributed by atoms with Crippen LogP contribution in [0.5, 0.6) is 0 Å². The van der Waals surface area contributed by atoms with Crippen LogP contribution < -0.4 is 5.73 Å². The van der Waals surface area contributed by atoms with E-state index >= 15 is 0 Å². The molecule has 1 atom stereocenters. The minimum absolute atomic E-state index is 0.179. The molecule has 3 aromatic heterocycles. The molecule has 0 radical (unpaired) electrons. The topological polar surface area (TPSA) is 86.9 Å². The van der Waals surface area contributed by atoms with Gasteiger partial charge in [0, 0.05) is 37.0 Å². The first-order valence-corrected chi connectivity index (χ1v) is 7.04. The normalized spacial score (nSPS) is 13.1. The van der Waals surface area contributed by atoms with E-state index in [0.29, 0.717) is 12.3 Å². The number of aromatic nitrogens is 6. The molecule has 0 fully saturated rings. The second-order valence-electron chi connectivity index (χ2n) is 5.57. The van der Waals surface area contributed by atoms with E-state index in [1.54, 1.807) is 29.4 Å². The molecular formula is C14H19N7. The Kier molecular flexibility index (Phi) is 3.66. The number of fused-ring (bicyclic) bond motifs is 1. The van der Waals surface area contributed by atoms with Gasteiger partial charge in [-0.15, -0.1) is 0 Å². The highest BCUT2D eigenvalue weighted by molar-refractivity contribution is 5.53. The summed E-state index contributed by atoms with van der Waals surface area (Å²) in [5.74, 6) is 1.42. The second-order valence-corrected chi connectivity index (χ2v) is 5.57. The van der Waals surface area contributed by atoms with Crippen LogP contribution >= 0.6 is 0 Å². The van der Waals surface area contributed by atoms with Gasteiger partial charge in [0.25, 0.3) is 0 Å². The standard InChI is InChI=1S/C14H19N7/c1-10(2)8-21-14(17-9-19-21)5-12(15)11-6-18-20-4-3-16-7-13(11)20/h3-4,6-7,9-10,12H,5,8,15H2,1-2H3. The molecule has 0 spiro atoms. The summed E-state index contributed by atoms with van der Waals surface area (Å²) in [6.07, 6.45) is 9.30. The molecule has 0 aliphatic carbocycles. The third-order valence-electron chi connectivity index (χ3n) is 3.39. The van der Waals surface area contributed by atoms with Crippen LogP contribution in [0.2, 0.25) is 0 Å². The first-order chi connectivity index (χ1) is 10.1. The molecule has 3 aromatic rings. The minimum Gasteiger partial charge on any atom is -0.323 e. The van der Waals surface area contributed by atoms with Crippen molar-refractivity contribution in [3.8, 4) is 0 Å². The molecule has 2 N–H and O–H groups in total. The Bertz CT molecular complexity index is 728. The average molecular weight is 285 g/mol. The maximum atomic E-state index is 6.33. The van der Waals surface area contributed by atoms with E-state index in [-0.39, 0.29) is 6.04 Å². The summed E-state index contributed by atoms with van der Waals surface area (Å²) in [6.45, 7) is 5.16. The molecule has 0 saturated heterocycles. The number of nitrogens with two attached hydrogens (primary N) is 1. The summed E-state index contributed by atoms with van der Waals surface area (Å²) in [7, 11) is 0. The third-order valence-corrected chi connectivity index (χ3v) is 3.39. The van der Waals surface area contributed by atoms with Crippen molar-refractivity contribution in [3.63, 3.8) is 0 Å². The smallest absolute Gasteiger partial charge is 0.138 e. The van der Waals surface area contributed by atoms with Crippen molar-refractivity contribution in [2.75, 3.05) is 0 Å². The molecule has 21 heavy (non-hydrogen) atoms. The number of rotatable bonds is 5. The zero-order valence-corrected chi connectivity index (χ0v) is 12.2. The van der Waals surface area contributed by atoms with Gasteiger partial charge in [-0.25, -0.2) is 14.2 Å². The van der Waals surface area contributed by atoms with Crippen molar-refractivity contribution in [2.24, 2.45) is 11.7 Å². The Morgan fingerprint density at radius 3 is 2.90 bits per heavy atom. The molecule has 0 saturated carbocycles. The zero-order chi connectivity index (χ0) is 14.8. The van der Waals surface area contributed by atoms with Crippen LogP contribution in [-0.4, -0.2) is 29.4 Å². The summed E-state index contributed by atoms with van der Waals surface area (Å²) >= 11 is 0. The van der Waals surface area contributed by atoms with Crippen molar-refractivity contribution in [2.45, 2.75) is 32.9 Å². The molecule has 7 heteroatoms. The quantitative estimate of drug-likeness (QED) is 0.761. The van der Waals surface area contributed by atoms with Crippen LogP contribution in [-0.2, 0) is 13.0 Å². The van der Waals surface area contributed by atoms with Gasteiger partial charge in [0.1, 0.15) is 12.2 Å². The molecule has 0 amide bonds. The lowest BCUT2D eigenvalue weighted by atomic mass is 10.1. The van der Waals surface area contributed by atoms with Crippen LogP contribution in [0.15, 0.2) is 31.1 Å². The van der Waals surface area contributed by atoms with E-state index in [9.17, 15) is 0 Å². The van der Waals surface area contributed by atoms with E-state index in [1.807, 2.05) is 10.9 Å². The molecule has 3 heterocycles. The number of nitrogens with zero attached hydrogens (tertiary/aromatic N) is 6. The van der Waals surface area contributed by atoms with Crippen molar-refractivity contribution in [3.05, 3.63) is 42.5 Å². The van der Waals surface area contributed by atoms with Crippen LogP contribution in [0.25, 0.3) is 5.52 Å². The minimum atomic E-state index is -0.179. The third kappa shape index (κ3) is 2.78. The molecule has 0 aromatic carbocycles. The van der Waals surface area contributed by atoms with Crippen molar-refractivity contribution < 1.29 is 0 Å². The lowest BCUT2D eigenvalue weighted by molar-refractivity contribution is 0.459. The molecule has 0 aliphatic heterocycles. The van der Waals surface area contributed by atoms with Crippen LogP contribution in [0.3, 0.4) is 0 Å². The van der Waals surface area contributed by atoms with Crippen LogP contribution in [0, 0.1) is 5.92 Å². The monoisotopic (exact) mass is 285 g/mol. The van der Waals surface area contributed by atoms with Gasteiger partial charge in [0.15, 0.2) is 0 Å². The van der Waals surface area contributed by atoms with Gasteiger partial charge in [-0.3, -0.25) is 4.98 Å². The summed E-state index contributed by atoms with van der Waals surface area (Å²) in [5, 5.41) is 8.56. The first kappa shape index (κ1) is 13.7. The highest BCUT2D eigenvalue weighted by Crippen LogP contribution is 2.19. The molecule has 110 valence electrons. The van der Waals surface area contributed by atoms with Gasteiger partial charge in [-0.2, -0.15) is 10.2 Å². The van der Waals surface area contributed by atoms with E-state index in [0.717, 1.165) is 23.4 Å². The van der Waals surface area contributed by atoms with Crippen molar-refractivity contribution in [1.29, 1.82) is 0 Å². The average Bonchev–Trinajstić information content (AvgIpc) is 3.05. The number of hydrogen-bond donors (Lipinski definition) is 1. The van der Waals surface area contributed by atoms with Crippen LogP contribution in [0.1, 0.15) is 31.3 Å². The first-order valence-electron chi connectivity index (χ1n) is 7.04. The molecule has 7 nitrogen and oxygen atoms in total. The summed E-state index contributed by atoms with van der Waals surface area (Å²) in [6, 6.07) is -0.179. The molecule has 0 aliphatic rings. The Morgan fingerprint density at radius 1 is 1.24 bits per heavy atom. The Hall–Kier alpha value is -2.28. The molecular weight excluding hydrogens is 266 g/mol. The lowest BCUT2D eigenvalue weighted by Gasteiger charge is -2.12. The van der Waals surface area contributed by atoms with Crippen molar-refractivity contribution in [1.82, 2.24) is 29.4 Å². The Balaban J connectivity index is 1.83. The number of hydrogen-bond acceptors (Lipinski definition) is 5. The predicted octanol–water partition coefficient (Wildman–Crippen LogP) is 1.22. The zero-order valence-electron chi connectivity index (χ0n) is 12.2. The Morgan fingerprint density at radius 2 is 2.10 bits per heavy atom. The highest BCUT2D eigenvalue weighted by atomic mass is 15.3. The van der Waals surface area contributed by atoms with Gasteiger partial charge < -0.3 is 5.73 Å².